The molecule has 2 rings (SSSR count). The van der Waals surface area contributed by atoms with Crippen LogP contribution in [-0.4, -0.2) is 30.8 Å². The van der Waals surface area contributed by atoms with Crippen molar-refractivity contribution in [1.29, 1.82) is 5.26 Å². The van der Waals surface area contributed by atoms with E-state index in [1.807, 2.05) is 19.9 Å². The van der Waals surface area contributed by atoms with Crippen molar-refractivity contribution < 1.29 is 4.74 Å². The smallest absolute Gasteiger partial charge is 0.103 e. The van der Waals surface area contributed by atoms with Crippen LogP contribution in [0.2, 0.25) is 0 Å². The molecular formula is C13H17N3O. The Labute approximate surface area is 102 Å². The van der Waals surface area contributed by atoms with Gasteiger partial charge in [-0.1, -0.05) is 0 Å². The van der Waals surface area contributed by atoms with E-state index in [1.54, 1.807) is 0 Å². The fraction of sp³-hybridized carbons (Fsp3) is 0.538. The Morgan fingerprint density at radius 2 is 2.29 bits per heavy atom. The number of nitrogens with zero attached hydrogens (tertiary/aromatic N) is 3. The molecule has 90 valence electrons. The van der Waals surface area contributed by atoms with Gasteiger partial charge in [0.05, 0.1) is 29.7 Å². The molecular weight excluding hydrogens is 214 g/mol. The van der Waals surface area contributed by atoms with Gasteiger partial charge in [0, 0.05) is 18.8 Å². The Kier molecular flexibility index (Phi) is 3.30. The summed E-state index contributed by atoms with van der Waals surface area (Å²) >= 11 is 0. The van der Waals surface area contributed by atoms with E-state index in [-0.39, 0.29) is 6.10 Å². The molecule has 1 fully saturated rings. The summed E-state index contributed by atoms with van der Waals surface area (Å²) in [5, 5.41) is 9.24. The molecule has 1 aromatic heterocycles. The number of ether oxygens (including phenoxy) is 1. The van der Waals surface area contributed by atoms with Crippen LogP contribution in [0, 0.1) is 25.2 Å². The molecule has 1 unspecified atom stereocenters. The fourth-order valence-electron chi connectivity index (χ4n) is 2.23. The molecule has 1 aliphatic rings. The SMILES string of the molecule is Cc1cc(N2CCOC(C)C2)c(C#N)c(C)n1. The monoisotopic (exact) mass is 231 g/mol. The van der Waals surface area contributed by atoms with Gasteiger partial charge in [-0.3, -0.25) is 4.98 Å². The number of pyridine rings is 1. The number of nitriles is 1. The Morgan fingerprint density at radius 1 is 1.53 bits per heavy atom. The number of rotatable bonds is 1. The molecule has 0 N–H and O–H groups in total. The first-order valence-electron chi connectivity index (χ1n) is 5.86. The van der Waals surface area contributed by atoms with Crippen LogP contribution in [0.4, 0.5) is 5.69 Å². The number of hydrogen-bond donors (Lipinski definition) is 0. The molecule has 0 amide bonds. The highest BCUT2D eigenvalue weighted by molar-refractivity contribution is 5.61. The molecule has 0 bridgehead atoms. The summed E-state index contributed by atoms with van der Waals surface area (Å²) in [6.45, 7) is 8.28. The zero-order valence-corrected chi connectivity index (χ0v) is 10.5. The van der Waals surface area contributed by atoms with Crippen molar-refractivity contribution in [2.75, 3.05) is 24.6 Å². The average molecular weight is 231 g/mol. The molecule has 0 radical (unpaired) electrons. The predicted octanol–water partition coefficient (Wildman–Crippen LogP) is 1.80. The first-order chi connectivity index (χ1) is 8.11. The Balaban J connectivity index is 2.40. The molecule has 4 heteroatoms. The molecule has 4 nitrogen and oxygen atoms in total. The van der Waals surface area contributed by atoms with Crippen LogP contribution in [0.5, 0.6) is 0 Å². The van der Waals surface area contributed by atoms with Crippen LogP contribution >= 0.6 is 0 Å². The van der Waals surface area contributed by atoms with E-state index < -0.39 is 0 Å². The van der Waals surface area contributed by atoms with Crippen molar-refractivity contribution in [3.05, 3.63) is 23.0 Å². The quantitative estimate of drug-likeness (QED) is 0.739. The van der Waals surface area contributed by atoms with Crippen molar-refractivity contribution in [3.8, 4) is 6.07 Å². The van der Waals surface area contributed by atoms with Gasteiger partial charge in [0.1, 0.15) is 6.07 Å². The lowest BCUT2D eigenvalue weighted by molar-refractivity contribution is 0.0532. The summed E-state index contributed by atoms with van der Waals surface area (Å²) in [5.41, 5.74) is 3.44. The summed E-state index contributed by atoms with van der Waals surface area (Å²) in [4.78, 5) is 6.56. The van der Waals surface area contributed by atoms with Crippen molar-refractivity contribution in [2.24, 2.45) is 0 Å². The number of hydrogen-bond acceptors (Lipinski definition) is 4. The molecule has 1 saturated heterocycles. The van der Waals surface area contributed by atoms with E-state index in [2.05, 4.69) is 22.9 Å². The van der Waals surface area contributed by atoms with E-state index in [1.165, 1.54) is 0 Å². The van der Waals surface area contributed by atoms with Crippen LogP contribution in [-0.2, 0) is 4.74 Å². The summed E-state index contributed by atoms with van der Waals surface area (Å²) in [5.74, 6) is 0. The topological polar surface area (TPSA) is 49.1 Å². The third-order valence-corrected chi connectivity index (χ3v) is 3.00. The Bertz CT molecular complexity index is 464. The van der Waals surface area contributed by atoms with Gasteiger partial charge in [-0.25, -0.2) is 0 Å². The van der Waals surface area contributed by atoms with Gasteiger partial charge >= 0.3 is 0 Å². The van der Waals surface area contributed by atoms with E-state index >= 15 is 0 Å². The van der Waals surface area contributed by atoms with Gasteiger partial charge in [-0.2, -0.15) is 5.26 Å². The lowest BCUT2D eigenvalue weighted by Gasteiger charge is -2.33. The van der Waals surface area contributed by atoms with Crippen LogP contribution in [0.15, 0.2) is 6.07 Å². The second-order valence-corrected chi connectivity index (χ2v) is 4.48. The molecule has 0 saturated carbocycles. The molecule has 1 atom stereocenters. The standard InChI is InChI=1S/C13H17N3O/c1-9-6-13(12(7-14)11(3)15-9)16-4-5-17-10(2)8-16/h6,10H,4-5,8H2,1-3H3. The van der Waals surface area contributed by atoms with Crippen molar-refractivity contribution >= 4 is 5.69 Å². The minimum atomic E-state index is 0.212. The van der Waals surface area contributed by atoms with Gasteiger partial charge in [-0.05, 0) is 26.8 Å². The summed E-state index contributed by atoms with van der Waals surface area (Å²) in [6, 6.07) is 4.25. The first-order valence-corrected chi connectivity index (χ1v) is 5.86. The first kappa shape index (κ1) is 11.9. The summed E-state index contributed by atoms with van der Waals surface area (Å²) < 4.78 is 5.52. The van der Waals surface area contributed by atoms with Crippen LogP contribution in [0.25, 0.3) is 0 Å². The molecule has 2 heterocycles. The molecule has 0 spiro atoms. The van der Waals surface area contributed by atoms with Gasteiger partial charge in [0.15, 0.2) is 0 Å². The third-order valence-electron chi connectivity index (χ3n) is 3.00. The number of anilines is 1. The largest absolute Gasteiger partial charge is 0.375 e. The van der Waals surface area contributed by atoms with Crippen molar-refractivity contribution in [2.45, 2.75) is 26.9 Å². The van der Waals surface area contributed by atoms with Crippen LogP contribution in [0.3, 0.4) is 0 Å². The lowest BCUT2D eigenvalue weighted by Crippen LogP contribution is -2.41. The lowest BCUT2D eigenvalue weighted by atomic mass is 10.1. The zero-order valence-electron chi connectivity index (χ0n) is 10.5. The molecule has 1 aromatic rings. The predicted molar refractivity (Wildman–Crippen MR) is 66.1 cm³/mol. The average Bonchev–Trinajstić information content (AvgIpc) is 2.28. The molecule has 0 aromatic carbocycles. The highest BCUT2D eigenvalue weighted by Crippen LogP contribution is 2.25. The minimum Gasteiger partial charge on any atom is -0.375 e. The maximum Gasteiger partial charge on any atom is 0.103 e. The zero-order chi connectivity index (χ0) is 12.4. The third kappa shape index (κ3) is 2.40. The van der Waals surface area contributed by atoms with Crippen LogP contribution < -0.4 is 4.90 Å². The maximum absolute atomic E-state index is 9.24. The van der Waals surface area contributed by atoms with Gasteiger partial charge in [0.25, 0.3) is 0 Å². The normalized spacial score (nSPS) is 20.1. The van der Waals surface area contributed by atoms with Gasteiger partial charge in [0.2, 0.25) is 0 Å². The fourth-order valence-corrected chi connectivity index (χ4v) is 2.23. The van der Waals surface area contributed by atoms with E-state index in [0.717, 1.165) is 30.2 Å². The Morgan fingerprint density at radius 3 is 2.94 bits per heavy atom. The minimum absolute atomic E-state index is 0.212. The summed E-state index contributed by atoms with van der Waals surface area (Å²) in [7, 11) is 0. The van der Waals surface area contributed by atoms with Crippen molar-refractivity contribution in [1.82, 2.24) is 4.98 Å². The molecule has 1 aliphatic heterocycles. The highest BCUT2D eigenvalue weighted by Gasteiger charge is 2.20. The van der Waals surface area contributed by atoms with Crippen molar-refractivity contribution in [3.63, 3.8) is 0 Å². The molecule has 0 aliphatic carbocycles. The van der Waals surface area contributed by atoms with Gasteiger partial charge < -0.3 is 9.64 Å². The second-order valence-electron chi connectivity index (χ2n) is 4.48. The maximum atomic E-state index is 9.24. The Hall–Kier alpha value is -1.60. The highest BCUT2D eigenvalue weighted by atomic mass is 16.5. The summed E-state index contributed by atoms with van der Waals surface area (Å²) in [6.07, 6.45) is 0.212. The molecule has 17 heavy (non-hydrogen) atoms. The number of aromatic nitrogens is 1. The van der Waals surface area contributed by atoms with Crippen LogP contribution in [0.1, 0.15) is 23.9 Å². The number of aryl methyl sites for hydroxylation is 2. The van der Waals surface area contributed by atoms with E-state index in [9.17, 15) is 5.26 Å². The van der Waals surface area contributed by atoms with E-state index in [0.29, 0.717) is 12.2 Å². The van der Waals surface area contributed by atoms with E-state index in [4.69, 9.17) is 4.74 Å². The second kappa shape index (κ2) is 4.72. The van der Waals surface area contributed by atoms with Gasteiger partial charge in [-0.15, -0.1) is 0 Å². The number of morpholine rings is 1.